The van der Waals surface area contributed by atoms with Gasteiger partial charge in [0, 0.05) is 18.6 Å². The standard InChI is InChI=1S/C14H26N2O/c1-10-3-7-13(8-4-10)16-14(17)12-6-5-11(2)15-9-12/h10-13,15H,3-9H2,1-2H3,(H,16,17). The van der Waals surface area contributed by atoms with Gasteiger partial charge in [-0.05, 0) is 51.4 Å². The van der Waals surface area contributed by atoms with E-state index in [0.717, 1.165) is 25.3 Å². The second kappa shape index (κ2) is 5.85. The van der Waals surface area contributed by atoms with Crippen molar-refractivity contribution < 1.29 is 4.79 Å². The largest absolute Gasteiger partial charge is 0.353 e. The van der Waals surface area contributed by atoms with E-state index in [1.54, 1.807) is 0 Å². The molecule has 1 saturated carbocycles. The Labute approximate surface area is 105 Å². The van der Waals surface area contributed by atoms with Crippen molar-refractivity contribution in [3.05, 3.63) is 0 Å². The molecule has 1 heterocycles. The molecule has 1 aliphatic carbocycles. The van der Waals surface area contributed by atoms with Crippen molar-refractivity contribution in [1.82, 2.24) is 10.6 Å². The molecule has 0 aromatic carbocycles. The average Bonchev–Trinajstić information content (AvgIpc) is 2.33. The predicted octanol–water partition coefficient (Wildman–Crippen LogP) is 2.07. The summed E-state index contributed by atoms with van der Waals surface area (Å²) >= 11 is 0. The van der Waals surface area contributed by atoms with Crippen molar-refractivity contribution in [2.24, 2.45) is 11.8 Å². The van der Waals surface area contributed by atoms with Crippen LogP contribution in [-0.4, -0.2) is 24.5 Å². The van der Waals surface area contributed by atoms with Crippen LogP contribution in [0.2, 0.25) is 0 Å². The van der Waals surface area contributed by atoms with Crippen LogP contribution in [0.5, 0.6) is 0 Å². The molecule has 0 aromatic heterocycles. The molecule has 98 valence electrons. The zero-order valence-electron chi connectivity index (χ0n) is 11.2. The molecular formula is C14H26N2O. The predicted molar refractivity (Wildman–Crippen MR) is 69.8 cm³/mol. The van der Waals surface area contributed by atoms with Crippen LogP contribution in [0.3, 0.4) is 0 Å². The van der Waals surface area contributed by atoms with Gasteiger partial charge < -0.3 is 10.6 Å². The highest BCUT2D eigenvalue weighted by Gasteiger charge is 2.26. The molecule has 2 atom stereocenters. The van der Waals surface area contributed by atoms with Crippen LogP contribution in [0.25, 0.3) is 0 Å². The minimum atomic E-state index is 0.200. The highest BCUT2D eigenvalue weighted by Crippen LogP contribution is 2.24. The van der Waals surface area contributed by atoms with Crippen LogP contribution in [0.15, 0.2) is 0 Å². The lowest BCUT2D eigenvalue weighted by Crippen LogP contribution is -2.47. The molecule has 3 nitrogen and oxygen atoms in total. The van der Waals surface area contributed by atoms with Crippen molar-refractivity contribution in [1.29, 1.82) is 0 Å². The second-order valence-electron chi connectivity index (χ2n) is 6.05. The van der Waals surface area contributed by atoms with E-state index < -0.39 is 0 Å². The molecular weight excluding hydrogens is 212 g/mol. The molecule has 0 radical (unpaired) electrons. The number of amides is 1. The third-order valence-corrected chi connectivity index (χ3v) is 4.39. The Morgan fingerprint density at radius 2 is 1.76 bits per heavy atom. The van der Waals surface area contributed by atoms with Gasteiger partial charge >= 0.3 is 0 Å². The Hall–Kier alpha value is -0.570. The first-order valence-electron chi connectivity index (χ1n) is 7.19. The highest BCUT2D eigenvalue weighted by atomic mass is 16.2. The van der Waals surface area contributed by atoms with Crippen molar-refractivity contribution >= 4 is 5.91 Å². The van der Waals surface area contributed by atoms with Crippen LogP contribution >= 0.6 is 0 Å². The van der Waals surface area contributed by atoms with Gasteiger partial charge in [-0.25, -0.2) is 0 Å². The molecule has 1 saturated heterocycles. The van der Waals surface area contributed by atoms with Gasteiger partial charge in [0.15, 0.2) is 0 Å². The zero-order chi connectivity index (χ0) is 12.3. The van der Waals surface area contributed by atoms with E-state index in [4.69, 9.17) is 0 Å². The molecule has 2 N–H and O–H groups in total. The average molecular weight is 238 g/mol. The summed E-state index contributed by atoms with van der Waals surface area (Å²) in [7, 11) is 0. The summed E-state index contributed by atoms with van der Waals surface area (Å²) in [5.74, 6) is 1.33. The molecule has 0 spiro atoms. The number of carbonyl (C=O) groups excluding carboxylic acids is 1. The minimum absolute atomic E-state index is 0.200. The van der Waals surface area contributed by atoms with E-state index in [2.05, 4.69) is 24.5 Å². The van der Waals surface area contributed by atoms with Gasteiger partial charge in [0.1, 0.15) is 0 Å². The maximum Gasteiger partial charge on any atom is 0.224 e. The van der Waals surface area contributed by atoms with Crippen molar-refractivity contribution in [3.8, 4) is 0 Å². The Kier molecular flexibility index (Phi) is 4.43. The van der Waals surface area contributed by atoms with Crippen LogP contribution in [0.4, 0.5) is 0 Å². The molecule has 0 bridgehead atoms. The smallest absolute Gasteiger partial charge is 0.224 e. The fourth-order valence-electron chi connectivity index (χ4n) is 2.95. The molecule has 17 heavy (non-hydrogen) atoms. The maximum absolute atomic E-state index is 12.1. The Balaban J connectivity index is 1.73. The van der Waals surface area contributed by atoms with Crippen molar-refractivity contribution in [3.63, 3.8) is 0 Å². The second-order valence-corrected chi connectivity index (χ2v) is 6.05. The minimum Gasteiger partial charge on any atom is -0.353 e. The van der Waals surface area contributed by atoms with E-state index in [1.165, 1.54) is 25.7 Å². The monoisotopic (exact) mass is 238 g/mol. The molecule has 1 aliphatic heterocycles. The number of nitrogens with one attached hydrogen (secondary N) is 2. The quantitative estimate of drug-likeness (QED) is 0.773. The summed E-state index contributed by atoms with van der Waals surface area (Å²) in [5, 5.41) is 6.64. The first-order chi connectivity index (χ1) is 8.15. The van der Waals surface area contributed by atoms with Crippen molar-refractivity contribution in [2.75, 3.05) is 6.54 Å². The Bertz CT molecular complexity index is 251. The van der Waals surface area contributed by atoms with Gasteiger partial charge in [0.05, 0.1) is 5.92 Å². The Morgan fingerprint density at radius 1 is 1.06 bits per heavy atom. The lowest BCUT2D eigenvalue weighted by Gasteiger charge is -2.31. The molecule has 2 rings (SSSR count). The first kappa shape index (κ1) is 12.9. The Morgan fingerprint density at radius 3 is 2.35 bits per heavy atom. The number of hydrogen-bond donors (Lipinski definition) is 2. The number of hydrogen-bond acceptors (Lipinski definition) is 2. The molecule has 2 aliphatic rings. The van der Waals surface area contributed by atoms with Crippen LogP contribution in [0.1, 0.15) is 52.4 Å². The van der Waals surface area contributed by atoms with Gasteiger partial charge in [0.25, 0.3) is 0 Å². The highest BCUT2D eigenvalue weighted by molar-refractivity contribution is 5.79. The molecule has 3 heteroatoms. The van der Waals surface area contributed by atoms with Crippen LogP contribution < -0.4 is 10.6 Å². The molecule has 1 amide bonds. The summed E-state index contributed by atoms with van der Waals surface area (Å²) in [5.41, 5.74) is 0. The summed E-state index contributed by atoms with van der Waals surface area (Å²) < 4.78 is 0. The number of rotatable bonds is 2. The van der Waals surface area contributed by atoms with E-state index in [1.807, 2.05) is 0 Å². The topological polar surface area (TPSA) is 41.1 Å². The lowest BCUT2D eigenvalue weighted by atomic mass is 9.86. The maximum atomic E-state index is 12.1. The van der Waals surface area contributed by atoms with E-state index in [0.29, 0.717) is 12.1 Å². The van der Waals surface area contributed by atoms with E-state index in [9.17, 15) is 4.79 Å². The summed E-state index contributed by atoms with van der Waals surface area (Å²) in [6, 6.07) is 1.02. The van der Waals surface area contributed by atoms with Gasteiger partial charge in [-0.3, -0.25) is 4.79 Å². The van der Waals surface area contributed by atoms with Gasteiger partial charge in [-0.1, -0.05) is 6.92 Å². The lowest BCUT2D eigenvalue weighted by molar-refractivity contribution is -0.126. The number of piperidine rings is 1. The SMILES string of the molecule is CC1CCC(NC(=O)C2CCC(C)NC2)CC1. The zero-order valence-corrected chi connectivity index (χ0v) is 11.2. The molecule has 0 aromatic rings. The van der Waals surface area contributed by atoms with E-state index in [-0.39, 0.29) is 11.8 Å². The number of carbonyl (C=O) groups is 1. The third kappa shape index (κ3) is 3.70. The molecule has 2 unspecified atom stereocenters. The summed E-state index contributed by atoms with van der Waals surface area (Å²) in [4.78, 5) is 12.1. The summed E-state index contributed by atoms with van der Waals surface area (Å²) in [6.45, 7) is 5.36. The van der Waals surface area contributed by atoms with Crippen molar-refractivity contribution in [2.45, 2.75) is 64.5 Å². The van der Waals surface area contributed by atoms with Crippen LogP contribution in [-0.2, 0) is 4.79 Å². The first-order valence-corrected chi connectivity index (χ1v) is 7.19. The van der Waals surface area contributed by atoms with Gasteiger partial charge in [-0.2, -0.15) is 0 Å². The normalized spacial score (nSPS) is 38.7. The fraction of sp³-hybridized carbons (Fsp3) is 0.929. The van der Waals surface area contributed by atoms with E-state index >= 15 is 0 Å². The third-order valence-electron chi connectivity index (χ3n) is 4.39. The molecule has 2 fully saturated rings. The van der Waals surface area contributed by atoms with Crippen LogP contribution in [0, 0.1) is 11.8 Å². The summed E-state index contributed by atoms with van der Waals surface area (Å²) in [6.07, 6.45) is 7.05. The fourth-order valence-corrected chi connectivity index (χ4v) is 2.95. The van der Waals surface area contributed by atoms with Gasteiger partial charge in [0.2, 0.25) is 5.91 Å². The van der Waals surface area contributed by atoms with Gasteiger partial charge in [-0.15, -0.1) is 0 Å².